The molecular weight excluding hydrogens is 225 g/mol. The summed E-state index contributed by atoms with van der Waals surface area (Å²) in [6, 6.07) is 0. The lowest BCUT2D eigenvalue weighted by Gasteiger charge is -2.20. The molecule has 0 atom stereocenters. The predicted molar refractivity (Wildman–Crippen MR) is 59.2 cm³/mol. The lowest BCUT2D eigenvalue weighted by Crippen LogP contribution is -2.33. The molecule has 15 heavy (non-hydrogen) atoms. The lowest BCUT2D eigenvalue weighted by molar-refractivity contribution is -0.0328. The van der Waals surface area contributed by atoms with Gasteiger partial charge in [0, 0.05) is 25.4 Å². The van der Waals surface area contributed by atoms with Crippen molar-refractivity contribution in [3.05, 3.63) is 0 Å². The van der Waals surface area contributed by atoms with Crippen LogP contribution in [0.15, 0.2) is 0 Å². The van der Waals surface area contributed by atoms with E-state index in [1.165, 1.54) is 0 Å². The van der Waals surface area contributed by atoms with Crippen molar-refractivity contribution in [2.75, 3.05) is 38.5 Å². The van der Waals surface area contributed by atoms with Gasteiger partial charge in [-0.3, -0.25) is 0 Å². The summed E-state index contributed by atoms with van der Waals surface area (Å²) < 4.78 is 35.5. The van der Waals surface area contributed by atoms with Crippen LogP contribution in [-0.4, -0.2) is 48.9 Å². The third-order valence-corrected chi connectivity index (χ3v) is 2.69. The fourth-order valence-electron chi connectivity index (χ4n) is 1.13. The average molecular weight is 244 g/mol. The minimum atomic E-state index is -4.10. The van der Waals surface area contributed by atoms with Crippen molar-refractivity contribution >= 4 is 11.8 Å². The van der Waals surface area contributed by atoms with E-state index in [1.807, 2.05) is 18.7 Å². The van der Waals surface area contributed by atoms with Crippen LogP contribution >= 0.6 is 11.8 Å². The number of likely N-dealkylation sites (N-methyl/N-ethyl adjacent to an activating group) is 2. The van der Waals surface area contributed by atoms with Crippen molar-refractivity contribution in [2.45, 2.75) is 19.4 Å². The van der Waals surface area contributed by atoms with Gasteiger partial charge in [0.25, 0.3) is 0 Å². The Balaban J connectivity index is 3.52. The Morgan fingerprint density at radius 3 is 2.33 bits per heavy atom. The minimum Gasteiger partial charge on any atom is -0.316 e. The first-order valence-electron chi connectivity index (χ1n) is 5.13. The molecule has 0 aliphatic rings. The molecule has 0 aliphatic heterocycles. The standard InChI is InChI=1S/C9H19F3N2S/c1-3-13-5-6-14(4-2)7-8-15-9(10,11)12/h13H,3-8H2,1-2H3. The molecule has 0 spiro atoms. The van der Waals surface area contributed by atoms with Crippen molar-refractivity contribution in [1.29, 1.82) is 0 Å². The summed E-state index contributed by atoms with van der Waals surface area (Å²) in [6.07, 6.45) is 0. The minimum absolute atomic E-state index is 0.0544. The molecule has 0 aromatic heterocycles. The quantitative estimate of drug-likeness (QED) is 0.659. The van der Waals surface area contributed by atoms with Crippen LogP contribution in [0.3, 0.4) is 0 Å². The topological polar surface area (TPSA) is 15.3 Å². The smallest absolute Gasteiger partial charge is 0.316 e. The van der Waals surface area contributed by atoms with Crippen molar-refractivity contribution in [1.82, 2.24) is 10.2 Å². The van der Waals surface area contributed by atoms with Gasteiger partial charge in [0.15, 0.2) is 0 Å². The molecule has 0 saturated heterocycles. The zero-order valence-corrected chi connectivity index (χ0v) is 10.0. The van der Waals surface area contributed by atoms with E-state index in [1.54, 1.807) is 0 Å². The summed E-state index contributed by atoms with van der Waals surface area (Å²) in [4.78, 5) is 2.02. The zero-order valence-electron chi connectivity index (χ0n) is 9.23. The SMILES string of the molecule is CCNCCN(CC)CCSC(F)(F)F. The highest BCUT2D eigenvalue weighted by atomic mass is 32.2. The number of nitrogens with one attached hydrogen (secondary N) is 1. The van der Waals surface area contributed by atoms with Gasteiger partial charge >= 0.3 is 5.51 Å². The maximum Gasteiger partial charge on any atom is 0.441 e. The number of rotatable bonds is 8. The Labute approximate surface area is 93.6 Å². The van der Waals surface area contributed by atoms with Gasteiger partial charge in [0.2, 0.25) is 0 Å². The van der Waals surface area contributed by atoms with Crippen LogP contribution in [-0.2, 0) is 0 Å². The van der Waals surface area contributed by atoms with E-state index in [4.69, 9.17) is 0 Å². The Kier molecular flexibility index (Phi) is 8.27. The molecular formula is C9H19F3N2S. The van der Waals surface area contributed by atoms with Gasteiger partial charge in [-0.25, -0.2) is 0 Å². The first-order valence-corrected chi connectivity index (χ1v) is 6.12. The molecule has 92 valence electrons. The number of hydrogen-bond donors (Lipinski definition) is 1. The molecule has 0 aromatic rings. The number of halogens is 3. The molecule has 0 amide bonds. The van der Waals surface area contributed by atoms with E-state index >= 15 is 0 Å². The van der Waals surface area contributed by atoms with E-state index in [0.717, 1.165) is 26.2 Å². The second-order valence-corrected chi connectivity index (χ2v) is 4.24. The summed E-state index contributed by atoms with van der Waals surface area (Å²) in [6.45, 7) is 7.80. The van der Waals surface area contributed by atoms with Crippen LogP contribution in [0.5, 0.6) is 0 Å². The molecule has 6 heteroatoms. The first-order chi connectivity index (χ1) is 6.99. The Morgan fingerprint density at radius 2 is 1.87 bits per heavy atom. The van der Waals surface area contributed by atoms with Gasteiger partial charge in [-0.15, -0.1) is 0 Å². The maximum atomic E-state index is 11.8. The number of thioether (sulfide) groups is 1. The molecule has 0 radical (unpaired) electrons. The summed E-state index contributed by atoms with van der Waals surface area (Å²) in [5, 5.41) is 3.15. The van der Waals surface area contributed by atoms with E-state index in [0.29, 0.717) is 6.54 Å². The van der Waals surface area contributed by atoms with Crippen LogP contribution in [0.1, 0.15) is 13.8 Å². The summed E-state index contributed by atoms with van der Waals surface area (Å²) in [5.74, 6) is 0.115. The Bertz CT molecular complexity index is 153. The Morgan fingerprint density at radius 1 is 1.20 bits per heavy atom. The molecule has 0 bridgehead atoms. The maximum absolute atomic E-state index is 11.8. The third-order valence-electron chi connectivity index (χ3n) is 1.98. The molecule has 0 fully saturated rings. The van der Waals surface area contributed by atoms with Gasteiger partial charge in [0.05, 0.1) is 0 Å². The van der Waals surface area contributed by atoms with Gasteiger partial charge in [0.1, 0.15) is 0 Å². The highest BCUT2D eigenvalue weighted by Gasteiger charge is 2.27. The summed E-state index contributed by atoms with van der Waals surface area (Å²) >= 11 is 0.0544. The van der Waals surface area contributed by atoms with Crippen LogP contribution < -0.4 is 5.32 Å². The molecule has 0 aromatic carbocycles. The highest BCUT2D eigenvalue weighted by Crippen LogP contribution is 2.29. The van der Waals surface area contributed by atoms with Crippen LogP contribution in [0, 0.1) is 0 Å². The summed E-state index contributed by atoms with van der Waals surface area (Å²) in [7, 11) is 0. The first kappa shape index (κ1) is 15.1. The number of nitrogens with zero attached hydrogens (tertiary/aromatic N) is 1. The fraction of sp³-hybridized carbons (Fsp3) is 1.00. The van der Waals surface area contributed by atoms with Crippen molar-refractivity contribution in [3.63, 3.8) is 0 Å². The predicted octanol–water partition coefficient (Wildman–Crippen LogP) is 2.17. The second kappa shape index (κ2) is 8.24. The number of hydrogen-bond acceptors (Lipinski definition) is 3. The van der Waals surface area contributed by atoms with E-state index in [2.05, 4.69) is 5.32 Å². The largest absolute Gasteiger partial charge is 0.441 e. The summed E-state index contributed by atoms with van der Waals surface area (Å²) in [5.41, 5.74) is -4.10. The van der Waals surface area contributed by atoms with Gasteiger partial charge in [-0.05, 0) is 24.9 Å². The average Bonchev–Trinajstić information content (AvgIpc) is 2.14. The normalized spacial score (nSPS) is 12.4. The molecule has 0 heterocycles. The molecule has 0 saturated carbocycles. The van der Waals surface area contributed by atoms with E-state index < -0.39 is 5.51 Å². The molecule has 0 rings (SSSR count). The van der Waals surface area contributed by atoms with Crippen LogP contribution in [0.2, 0.25) is 0 Å². The fourth-order valence-corrected chi connectivity index (χ4v) is 1.71. The van der Waals surface area contributed by atoms with Gasteiger partial charge < -0.3 is 10.2 Å². The molecule has 0 unspecified atom stereocenters. The third kappa shape index (κ3) is 10.3. The van der Waals surface area contributed by atoms with Crippen molar-refractivity contribution in [3.8, 4) is 0 Å². The van der Waals surface area contributed by atoms with Crippen LogP contribution in [0.4, 0.5) is 13.2 Å². The van der Waals surface area contributed by atoms with E-state index in [-0.39, 0.29) is 17.5 Å². The molecule has 1 N–H and O–H groups in total. The molecule has 0 aliphatic carbocycles. The van der Waals surface area contributed by atoms with E-state index in [9.17, 15) is 13.2 Å². The van der Waals surface area contributed by atoms with Crippen LogP contribution in [0.25, 0.3) is 0 Å². The van der Waals surface area contributed by atoms with Crippen molar-refractivity contribution in [2.24, 2.45) is 0 Å². The second-order valence-electron chi connectivity index (χ2n) is 3.08. The highest BCUT2D eigenvalue weighted by molar-refractivity contribution is 8.00. The van der Waals surface area contributed by atoms with Gasteiger partial charge in [-0.1, -0.05) is 13.8 Å². The monoisotopic (exact) mass is 244 g/mol. The number of alkyl halides is 3. The van der Waals surface area contributed by atoms with Gasteiger partial charge in [-0.2, -0.15) is 13.2 Å². The zero-order chi connectivity index (χ0) is 11.7. The molecule has 2 nitrogen and oxygen atoms in total. The lowest BCUT2D eigenvalue weighted by atomic mass is 10.4. The Hall–Kier alpha value is 0.0600. The van der Waals surface area contributed by atoms with Crippen molar-refractivity contribution < 1.29 is 13.2 Å².